The number of esters is 2. The van der Waals surface area contributed by atoms with Crippen molar-refractivity contribution in [3.8, 4) is 0 Å². The van der Waals surface area contributed by atoms with Gasteiger partial charge in [-0.05, 0) is 12.8 Å². The van der Waals surface area contributed by atoms with Crippen LogP contribution < -0.4 is 17.0 Å². The first kappa shape index (κ1) is 35.6. The van der Waals surface area contributed by atoms with Gasteiger partial charge >= 0.3 is 17.6 Å². The number of unbranched alkanes of at least 4 members (excludes halogenated alkanes) is 12. The highest BCUT2D eigenvalue weighted by atomic mass is 19.1. The minimum Gasteiger partial charge on any atom is -0.463 e. The first-order valence-corrected chi connectivity index (χ1v) is 15.6. The van der Waals surface area contributed by atoms with Crippen molar-refractivity contribution in [3.05, 3.63) is 32.9 Å². The maximum Gasteiger partial charge on any atom is 0.330 e. The van der Waals surface area contributed by atoms with Crippen molar-refractivity contribution in [2.24, 2.45) is 5.73 Å². The molecule has 42 heavy (non-hydrogen) atoms. The van der Waals surface area contributed by atoms with E-state index in [1.165, 1.54) is 19.3 Å². The minimum absolute atomic E-state index is 0.112. The van der Waals surface area contributed by atoms with Gasteiger partial charge in [0.05, 0.1) is 12.2 Å². The number of hydrogen-bond donors (Lipinski definition) is 3. The summed E-state index contributed by atoms with van der Waals surface area (Å²) in [6.07, 6.45) is 9.78. The van der Waals surface area contributed by atoms with Crippen molar-refractivity contribution >= 4 is 11.9 Å². The number of rotatable bonds is 20. The summed E-state index contributed by atoms with van der Waals surface area (Å²) in [6, 6.07) is -1.29. The Hall–Kier alpha value is -2.57. The number of H-pyrrole nitrogens is 1. The second-order valence-electron chi connectivity index (χ2n) is 11.2. The number of aromatic nitrogens is 2. The molecule has 0 spiro atoms. The lowest BCUT2D eigenvalue weighted by Crippen LogP contribution is -2.62. The third-order valence-electron chi connectivity index (χ3n) is 7.58. The summed E-state index contributed by atoms with van der Waals surface area (Å²) in [6.45, 7) is 3.90. The third-order valence-corrected chi connectivity index (χ3v) is 7.58. The van der Waals surface area contributed by atoms with Crippen LogP contribution in [0.15, 0.2) is 15.8 Å². The summed E-state index contributed by atoms with van der Waals surface area (Å²) in [5.41, 5.74) is 4.06. The Morgan fingerprint density at radius 2 is 1.45 bits per heavy atom. The van der Waals surface area contributed by atoms with Crippen molar-refractivity contribution in [2.45, 2.75) is 147 Å². The van der Waals surface area contributed by atoms with E-state index in [1.807, 2.05) is 4.98 Å². The number of ether oxygens (including phenoxy) is 3. The average Bonchev–Trinajstić information content (AvgIpc) is 2.96. The second kappa shape index (κ2) is 19.6. The highest BCUT2D eigenvalue weighted by molar-refractivity contribution is 5.70. The predicted molar refractivity (Wildman–Crippen MR) is 155 cm³/mol. The molecule has 0 amide bonds. The van der Waals surface area contributed by atoms with Gasteiger partial charge in [-0.15, -0.1) is 0 Å². The van der Waals surface area contributed by atoms with Crippen LogP contribution in [-0.4, -0.2) is 57.6 Å². The van der Waals surface area contributed by atoms with Crippen molar-refractivity contribution in [2.75, 3.05) is 6.61 Å². The van der Waals surface area contributed by atoms with E-state index >= 15 is 0 Å². The molecule has 2 heterocycles. The number of aliphatic hydroxyl groups excluding tert-OH is 1. The lowest BCUT2D eigenvalue weighted by atomic mass is 9.96. The molecule has 2 rings (SSSR count). The molecule has 0 unspecified atom stereocenters. The summed E-state index contributed by atoms with van der Waals surface area (Å²) in [4.78, 5) is 50.9. The standard InChI is InChI=1S/C30H50FN3O8/c1-3-5-7-9-11-13-15-17-23(35)40-20-22-26(37)27(42-24(36)18-16-14-12-10-8-6-4-2)25(32)29(41-22)34-19-21(31)28(38)33-30(34)39/h19,22,25-27,29,37H,3-18,20,32H2,1-2H3,(H,33,38,39)/t22-,25-,26-,27+,29-/m1/s1. The number of nitrogens with one attached hydrogen (secondary N) is 1. The molecule has 1 aliphatic rings. The summed E-state index contributed by atoms with van der Waals surface area (Å²) in [7, 11) is 0. The Labute approximate surface area is 247 Å². The molecule has 12 heteroatoms. The predicted octanol–water partition coefficient (Wildman–Crippen LogP) is 4.00. The molecule has 0 aliphatic carbocycles. The first-order valence-electron chi connectivity index (χ1n) is 15.6. The molecule has 0 bridgehead atoms. The Morgan fingerprint density at radius 3 is 2.02 bits per heavy atom. The fourth-order valence-corrected chi connectivity index (χ4v) is 5.05. The molecular weight excluding hydrogens is 549 g/mol. The first-order chi connectivity index (χ1) is 20.2. The highest BCUT2D eigenvalue weighted by Crippen LogP contribution is 2.29. The minimum atomic E-state index is -1.48. The number of carbonyl (C=O) groups excluding carboxylic acids is 2. The smallest absolute Gasteiger partial charge is 0.330 e. The van der Waals surface area contributed by atoms with Crippen LogP contribution in [0.5, 0.6) is 0 Å². The Kier molecular flexibility index (Phi) is 16.6. The van der Waals surface area contributed by atoms with Crippen LogP contribution in [0.25, 0.3) is 0 Å². The number of aliphatic hydroxyl groups is 1. The molecule has 0 aromatic carbocycles. The summed E-state index contributed by atoms with van der Waals surface area (Å²) in [5, 5.41) is 11.0. The molecule has 1 fully saturated rings. The van der Waals surface area contributed by atoms with Crippen LogP contribution in [0.4, 0.5) is 4.39 Å². The molecule has 0 radical (unpaired) electrons. The quantitative estimate of drug-likeness (QED) is 0.148. The zero-order valence-electron chi connectivity index (χ0n) is 25.2. The molecule has 1 saturated heterocycles. The van der Waals surface area contributed by atoms with Crippen LogP contribution in [-0.2, 0) is 23.8 Å². The molecule has 4 N–H and O–H groups in total. The Bertz CT molecular complexity index is 1060. The second-order valence-corrected chi connectivity index (χ2v) is 11.2. The van der Waals surface area contributed by atoms with Gasteiger partial charge in [-0.1, -0.05) is 90.9 Å². The van der Waals surface area contributed by atoms with Gasteiger partial charge in [0.25, 0.3) is 5.56 Å². The van der Waals surface area contributed by atoms with E-state index in [-0.39, 0.29) is 12.8 Å². The normalized spacial score (nSPS) is 22.2. The van der Waals surface area contributed by atoms with E-state index in [0.29, 0.717) is 19.0 Å². The number of carbonyl (C=O) groups is 2. The van der Waals surface area contributed by atoms with Gasteiger partial charge in [-0.25, -0.2) is 4.79 Å². The molecule has 1 aromatic rings. The SMILES string of the molecule is CCCCCCCCCC(=O)OC[C@H]1O[C@@H](n2cc(F)c(=O)[nH]c2=O)[C@H](N)[C@H](OC(=O)CCCCCCCCC)[C@@H]1O. The maximum atomic E-state index is 14.1. The van der Waals surface area contributed by atoms with Gasteiger partial charge in [0.2, 0.25) is 5.82 Å². The Balaban J connectivity index is 2.02. The van der Waals surface area contributed by atoms with E-state index in [9.17, 15) is 28.7 Å². The van der Waals surface area contributed by atoms with Gasteiger partial charge in [0.1, 0.15) is 24.9 Å². The van der Waals surface area contributed by atoms with Gasteiger partial charge < -0.3 is 25.1 Å². The Morgan fingerprint density at radius 1 is 0.929 bits per heavy atom. The fourth-order valence-electron chi connectivity index (χ4n) is 5.05. The van der Waals surface area contributed by atoms with Crippen molar-refractivity contribution in [1.82, 2.24) is 9.55 Å². The summed E-state index contributed by atoms with van der Waals surface area (Å²) >= 11 is 0. The number of nitrogens with zero attached hydrogens (tertiary/aromatic N) is 1. The monoisotopic (exact) mass is 599 g/mol. The summed E-state index contributed by atoms with van der Waals surface area (Å²) in [5.74, 6) is -2.31. The van der Waals surface area contributed by atoms with Crippen molar-refractivity contribution < 1.29 is 33.3 Å². The van der Waals surface area contributed by atoms with E-state index < -0.39 is 66.2 Å². The number of hydrogen-bond acceptors (Lipinski definition) is 9. The lowest BCUT2D eigenvalue weighted by molar-refractivity contribution is -0.226. The van der Waals surface area contributed by atoms with Crippen molar-refractivity contribution in [3.63, 3.8) is 0 Å². The van der Waals surface area contributed by atoms with Crippen molar-refractivity contribution in [1.29, 1.82) is 0 Å². The van der Waals surface area contributed by atoms with Crippen LogP contribution >= 0.6 is 0 Å². The number of aromatic amines is 1. The molecule has 11 nitrogen and oxygen atoms in total. The molecule has 240 valence electrons. The molecule has 0 saturated carbocycles. The highest BCUT2D eigenvalue weighted by Gasteiger charge is 2.47. The largest absolute Gasteiger partial charge is 0.463 e. The zero-order chi connectivity index (χ0) is 30.9. The van der Waals surface area contributed by atoms with E-state index in [4.69, 9.17) is 19.9 Å². The van der Waals surface area contributed by atoms with Crippen LogP contribution in [0, 0.1) is 5.82 Å². The third kappa shape index (κ3) is 12.0. The zero-order valence-corrected chi connectivity index (χ0v) is 25.2. The lowest BCUT2D eigenvalue weighted by Gasteiger charge is -2.42. The number of nitrogens with two attached hydrogens (primary N) is 1. The van der Waals surface area contributed by atoms with Gasteiger partial charge in [-0.2, -0.15) is 4.39 Å². The fraction of sp³-hybridized carbons (Fsp3) is 0.800. The molecule has 1 aromatic heterocycles. The maximum absolute atomic E-state index is 14.1. The van der Waals surface area contributed by atoms with Crippen LogP contribution in [0.3, 0.4) is 0 Å². The topological polar surface area (TPSA) is 163 Å². The molecular formula is C30H50FN3O8. The van der Waals surface area contributed by atoms with Gasteiger partial charge in [0, 0.05) is 12.8 Å². The van der Waals surface area contributed by atoms with Gasteiger partial charge in [-0.3, -0.25) is 23.9 Å². The molecule has 1 aliphatic heterocycles. The van der Waals surface area contributed by atoms with E-state index in [1.54, 1.807) is 0 Å². The van der Waals surface area contributed by atoms with Gasteiger partial charge in [0.15, 0.2) is 6.23 Å². The summed E-state index contributed by atoms with van der Waals surface area (Å²) < 4.78 is 31.5. The van der Waals surface area contributed by atoms with Crippen LogP contribution in [0.2, 0.25) is 0 Å². The molecule has 5 atom stereocenters. The van der Waals surface area contributed by atoms with E-state index in [0.717, 1.165) is 62.4 Å². The van der Waals surface area contributed by atoms with Crippen LogP contribution in [0.1, 0.15) is 123 Å². The van der Waals surface area contributed by atoms with E-state index in [2.05, 4.69) is 13.8 Å². The average molecular weight is 600 g/mol. The number of halogens is 1.